The monoisotopic (exact) mass is 546 g/mol. The predicted octanol–water partition coefficient (Wildman–Crippen LogP) is 0.356. The van der Waals surface area contributed by atoms with Crippen molar-refractivity contribution < 1.29 is 38.7 Å². The lowest BCUT2D eigenvalue weighted by Crippen LogP contribution is -2.47. The van der Waals surface area contributed by atoms with E-state index in [0.717, 1.165) is 25.7 Å². The number of nitrogens with zero attached hydrogens (tertiary/aromatic N) is 5. The van der Waals surface area contributed by atoms with Gasteiger partial charge >= 0.3 is 12.1 Å². The molecule has 1 aliphatic carbocycles. The number of hydrogen-bond donors (Lipinski definition) is 3. The summed E-state index contributed by atoms with van der Waals surface area (Å²) in [5.41, 5.74) is 4.32. The maximum atomic E-state index is 12.7. The SMILES string of the molecule is C[C@@H](OC(=O)OC[C@H]1O[C@@](C#N)(c2ccc3c(N)ncnn23)[C@H](O)[C@@H]1O)[C@@H](C(=O)OCC1CCCC1)N(C)C. The van der Waals surface area contributed by atoms with Gasteiger partial charge in [-0.2, -0.15) is 10.4 Å². The van der Waals surface area contributed by atoms with Crippen molar-refractivity contribution in [3.63, 3.8) is 0 Å². The molecule has 2 fully saturated rings. The molecule has 14 heteroatoms. The molecule has 1 saturated heterocycles. The first kappa shape index (κ1) is 28.5. The molecule has 39 heavy (non-hydrogen) atoms. The molecule has 2 aromatic rings. The number of carbonyl (C=O) groups excluding carboxylic acids is 2. The average Bonchev–Trinajstić information content (AvgIpc) is 3.62. The van der Waals surface area contributed by atoms with E-state index in [0.29, 0.717) is 18.0 Å². The van der Waals surface area contributed by atoms with Crippen LogP contribution in [0.25, 0.3) is 5.52 Å². The van der Waals surface area contributed by atoms with Gasteiger partial charge in [0.05, 0.1) is 12.3 Å². The lowest BCUT2D eigenvalue weighted by atomic mass is 9.92. The smallest absolute Gasteiger partial charge is 0.464 e. The topological polar surface area (TPSA) is 195 Å². The van der Waals surface area contributed by atoms with Crippen LogP contribution in [0.3, 0.4) is 0 Å². The van der Waals surface area contributed by atoms with Gasteiger partial charge in [-0.1, -0.05) is 12.8 Å². The molecule has 0 aromatic carbocycles. The van der Waals surface area contributed by atoms with Crippen LogP contribution in [-0.4, -0.2) is 99.6 Å². The summed E-state index contributed by atoms with van der Waals surface area (Å²) in [4.78, 5) is 30.7. The summed E-state index contributed by atoms with van der Waals surface area (Å²) in [5.74, 6) is -0.0126. The van der Waals surface area contributed by atoms with Gasteiger partial charge in [0, 0.05) is 0 Å². The maximum Gasteiger partial charge on any atom is 0.508 e. The van der Waals surface area contributed by atoms with Crippen LogP contribution in [0.4, 0.5) is 10.6 Å². The largest absolute Gasteiger partial charge is 0.508 e. The molecule has 4 N–H and O–H groups in total. The molecule has 0 radical (unpaired) electrons. The van der Waals surface area contributed by atoms with Crippen molar-refractivity contribution in [2.75, 3.05) is 33.0 Å². The third-order valence-electron chi connectivity index (χ3n) is 7.31. The predicted molar refractivity (Wildman–Crippen MR) is 134 cm³/mol. The first-order valence-electron chi connectivity index (χ1n) is 12.8. The van der Waals surface area contributed by atoms with E-state index in [1.54, 1.807) is 32.0 Å². The molecule has 0 bridgehead atoms. The van der Waals surface area contributed by atoms with Gasteiger partial charge in [0.1, 0.15) is 55.0 Å². The van der Waals surface area contributed by atoms with E-state index in [1.165, 1.54) is 16.9 Å². The fourth-order valence-electron chi connectivity index (χ4n) is 5.24. The molecule has 2 aliphatic rings. The number of esters is 1. The number of aromatic nitrogens is 3. The third kappa shape index (κ3) is 5.62. The van der Waals surface area contributed by atoms with Gasteiger partial charge in [-0.25, -0.2) is 14.3 Å². The number of aliphatic hydroxyl groups is 2. The van der Waals surface area contributed by atoms with Gasteiger partial charge in [0.25, 0.3) is 0 Å². The number of fused-ring (bicyclic) bond motifs is 1. The van der Waals surface area contributed by atoms with Crippen LogP contribution < -0.4 is 5.73 Å². The molecule has 14 nitrogen and oxygen atoms in total. The Hall–Kier alpha value is -3.51. The third-order valence-corrected chi connectivity index (χ3v) is 7.31. The van der Waals surface area contributed by atoms with Crippen molar-refractivity contribution in [1.29, 1.82) is 5.26 Å². The van der Waals surface area contributed by atoms with Crippen LogP contribution >= 0.6 is 0 Å². The summed E-state index contributed by atoms with van der Waals surface area (Å²) in [6.45, 7) is 1.33. The van der Waals surface area contributed by atoms with E-state index in [9.17, 15) is 25.1 Å². The Labute approximate surface area is 225 Å². The molecule has 0 unspecified atom stereocenters. The molecule has 2 aromatic heterocycles. The minimum atomic E-state index is -2.03. The van der Waals surface area contributed by atoms with Crippen LogP contribution in [0.15, 0.2) is 18.5 Å². The second kappa shape index (κ2) is 11.7. The number of aliphatic hydroxyl groups excluding tert-OH is 2. The van der Waals surface area contributed by atoms with Crippen LogP contribution in [0, 0.1) is 17.2 Å². The van der Waals surface area contributed by atoms with Gasteiger partial charge in [-0.3, -0.25) is 9.69 Å². The lowest BCUT2D eigenvalue weighted by Gasteiger charge is -2.28. The van der Waals surface area contributed by atoms with E-state index in [-0.39, 0.29) is 11.5 Å². The summed E-state index contributed by atoms with van der Waals surface area (Å²) in [7, 11) is 3.34. The molecule has 212 valence electrons. The second-order valence-electron chi connectivity index (χ2n) is 10.2. The Bertz CT molecular complexity index is 1220. The zero-order valence-electron chi connectivity index (χ0n) is 22.1. The number of nitriles is 1. The fourth-order valence-corrected chi connectivity index (χ4v) is 5.24. The van der Waals surface area contributed by atoms with Crippen molar-refractivity contribution in [2.45, 2.75) is 68.7 Å². The number of nitrogen functional groups attached to an aromatic ring is 1. The number of anilines is 1. The molecule has 4 rings (SSSR count). The van der Waals surface area contributed by atoms with E-state index >= 15 is 0 Å². The molecule has 0 amide bonds. The first-order valence-corrected chi connectivity index (χ1v) is 12.8. The Morgan fingerprint density at radius 3 is 2.67 bits per heavy atom. The zero-order chi connectivity index (χ0) is 28.3. The Morgan fingerprint density at radius 2 is 2.00 bits per heavy atom. The fraction of sp³-hybridized carbons (Fsp3) is 0.640. The Morgan fingerprint density at radius 1 is 1.28 bits per heavy atom. The van der Waals surface area contributed by atoms with Gasteiger partial charge in [-0.15, -0.1) is 0 Å². The summed E-state index contributed by atoms with van der Waals surface area (Å²) in [5, 5.41) is 35.5. The normalized spacial score (nSPS) is 26.8. The molecular weight excluding hydrogens is 512 g/mol. The van der Waals surface area contributed by atoms with Gasteiger partial charge in [0.2, 0.25) is 5.60 Å². The van der Waals surface area contributed by atoms with Crippen LogP contribution in [0.1, 0.15) is 38.3 Å². The highest BCUT2D eigenvalue weighted by Crippen LogP contribution is 2.40. The zero-order valence-corrected chi connectivity index (χ0v) is 22.1. The van der Waals surface area contributed by atoms with E-state index < -0.39 is 54.8 Å². The maximum absolute atomic E-state index is 12.7. The average molecular weight is 547 g/mol. The van der Waals surface area contributed by atoms with E-state index in [1.807, 2.05) is 6.07 Å². The standard InChI is InChI=1S/C25H34N6O8/c1-14(19(30(2)3)23(34)36-10-15-6-4-5-7-15)38-24(35)37-11-17-20(32)21(33)25(12-26,39-17)18-9-8-16-22(27)28-13-29-31(16)18/h8-9,13-15,17,19-21,32-33H,4-7,10-11H2,1-3H3,(H2,27,28,29)/t14-,17-,19+,20-,21-,25+/m1/s1. The molecule has 1 aliphatic heterocycles. The minimum Gasteiger partial charge on any atom is -0.464 e. The lowest BCUT2D eigenvalue weighted by molar-refractivity contribution is -0.155. The highest BCUT2D eigenvalue weighted by Gasteiger charge is 2.58. The van der Waals surface area contributed by atoms with Crippen molar-refractivity contribution in [2.24, 2.45) is 5.92 Å². The van der Waals surface area contributed by atoms with Crippen molar-refractivity contribution >= 4 is 23.5 Å². The second-order valence-corrected chi connectivity index (χ2v) is 10.2. The van der Waals surface area contributed by atoms with Gasteiger partial charge in [-0.05, 0) is 51.9 Å². The van der Waals surface area contributed by atoms with E-state index in [2.05, 4.69) is 10.1 Å². The summed E-state index contributed by atoms with van der Waals surface area (Å²) in [6, 6.07) is 4.08. The molecule has 0 spiro atoms. The highest BCUT2D eigenvalue weighted by molar-refractivity contribution is 5.77. The Balaban J connectivity index is 1.37. The number of likely N-dealkylation sites (N-methyl/N-ethyl adjacent to an activating group) is 1. The van der Waals surface area contributed by atoms with Gasteiger partial charge in [0.15, 0.2) is 5.82 Å². The van der Waals surface area contributed by atoms with Crippen molar-refractivity contribution in [3.05, 3.63) is 24.2 Å². The van der Waals surface area contributed by atoms with Gasteiger partial charge < -0.3 is 34.9 Å². The van der Waals surface area contributed by atoms with Crippen LogP contribution in [0.5, 0.6) is 0 Å². The quantitative estimate of drug-likeness (QED) is 0.365. The number of nitrogens with two attached hydrogens (primary N) is 1. The molecule has 3 heterocycles. The van der Waals surface area contributed by atoms with Crippen molar-refractivity contribution in [3.8, 4) is 6.07 Å². The highest BCUT2D eigenvalue weighted by atomic mass is 16.7. The van der Waals surface area contributed by atoms with Crippen LogP contribution in [-0.2, 0) is 29.3 Å². The molecule has 6 atom stereocenters. The number of ether oxygens (including phenoxy) is 4. The summed E-state index contributed by atoms with van der Waals surface area (Å²) < 4.78 is 23.0. The summed E-state index contributed by atoms with van der Waals surface area (Å²) >= 11 is 0. The van der Waals surface area contributed by atoms with Crippen molar-refractivity contribution in [1.82, 2.24) is 19.5 Å². The number of rotatable bonds is 9. The molecule has 1 saturated carbocycles. The first-order chi connectivity index (χ1) is 18.6. The summed E-state index contributed by atoms with van der Waals surface area (Å²) in [6.07, 6.45) is -1.11. The minimum absolute atomic E-state index is 0.115. The number of hydrogen-bond acceptors (Lipinski definition) is 13. The van der Waals surface area contributed by atoms with Crippen LogP contribution in [0.2, 0.25) is 0 Å². The molecular formula is C25H34N6O8. The van der Waals surface area contributed by atoms with E-state index in [4.69, 9.17) is 24.7 Å². The Kier molecular flexibility index (Phi) is 8.55. The number of carbonyl (C=O) groups is 2.